The van der Waals surface area contributed by atoms with Crippen molar-refractivity contribution < 1.29 is 13.5 Å². The molecule has 0 fully saturated rings. The van der Waals surface area contributed by atoms with Crippen molar-refractivity contribution in [2.45, 2.75) is 6.61 Å². The average molecular weight is 174 g/mol. The highest BCUT2D eigenvalue weighted by molar-refractivity contribution is 5.70. The summed E-state index contributed by atoms with van der Waals surface area (Å²) >= 11 is 0. The number of nitrogen functional groups attached to an aromatic ring is 2. The quantitative estimate of drug-likeness (QED) is 0.667. The average Bonchev–Trinajstić information content (AvgIpc) is 1.98. The molecule has 0 aromatic heterocycles. The number of hydrogen-bond acceptors (Lipinski definition) is 3. The Hall–Kier alpha value is -1.52. The van der Waals surface area contributed by atoms with Crippen LogP contribution in [0.2, 0.25) is 0 Å². The molecule has 0 radical (unpaired) electrons. The van der Waals surface area contributed by atoms with E-state index in [1.807, 2.05) is 0 Å². The second-order valence-electron chi connectivity index (χ2n) is 2.14. The molecule has 4 N–H and O–H groups in total. The van der Waals surface area contributed by atoms with Gasteiger partial charge in [-0.25, -0.2) is 0 Å². The molecule has 0 aliphatic rings. The Morgan fingerprint density at radius 2 is 1.92 bits per heavy atom. The molecule has 12 heavy (non-hydrogen) atoms. The zero-order chi connectivity index (χ0) is 9.14. The molecule has 1 aromatic rings. The van der Waals surface area contributed by atoms with Crippen LogP contribution in [-0.4, -0.2) is 6.61 Å². The Morgan fingerprint density at radius 3 is 2.50 bits per heavy atom. The molecule has 5 heteroatoms. The van der Waals surface area contributed by atoms with E-state index in [4.69, 9.17) is 11.5 Å². The summed E-state index contributed by atoms with van der Waals surface area (Å²) in [5.41, 5.74) is 11.0. The van der Waals surface area contributed by atoms with Gasteiger partial charge in [0.15, 0.2) is 5.75 Å². The predicted octanol–water partition coefficient (Wildman–Crippen LogP) is 1.45. The topological polar surface area (TPSA) is 61.3 Å². The monoisotopic (exact) mass is 174 g/mol. The zero-order valence-corrected chi connectivity index (χ0v) is 6.13. The van der Waals surface area contributed by atoms with Crippen LogP contribution < -0.4 is 16.2 Å². The van der Waals surface area contributed by atoms with Crippen molar-refractivity contribution in [2.24, 2.45) is 0 Å². The van der Waals surface area contributed by atoms with Crippen LogP contribution in [0.3, 0.4) is 0 Å². The van der Waals surface area contributed by atoms with Gasteiger partial charge < -0.3 is 16.2 Å². The van der Waals surface area contributed by atoms with Gasteiger partial charge in [-0.3, -0.25) is 0 Å². The number of benzene rings is 1. The van der Waals surface area contributed by atoms with Gasteiger partial charge in [-0.1, -0.05) is 6.07 Å². The normalized spacial score (nSPS) is 10.2. The van der Waals surface area contributed by atoms with Gasteiger partial charge in [0.05, 0.1) is 11.4 Å². The number of nitrogens with two attached hydrogens (primary N) is 2. The van der Waals surface area contributed by atoms with Crippen molar-refractivity contribution in [3.05, 3.63) is 18.2 Å². The Bertz CT molecular complexity index is 278. The molecule has 0 aliphatic heterocycles. The number of rotatable bonds is 2. The first kappa shape index (κ1) is 8.58. The van der Waals surface area contributed by atoms with Crippen LogP contribution in [0, 0.1) is 0 Å². The van der Waals surface area contributed by atoms with Gasteiger partial charge in [0.1, 0.15) is 0 Å². The lowest BCUT2D eigenvalue weighted by atomic mass is 10.2. The number of para-hydroxylation sites is 1. The summed E-state index contributed by atoms with van der Waals surface area (Å²) in [5, 5.41) is 0. The lowest BCUT2D eigenvalue weighted by molar-refractivity contribution is -0.0492. The van der Waals surface area contributed by atoms with Gasteiger partial charge in [0.2, 0.25) is 0 Å². The molecule has 0 unspecified atom stereocenters. The number of halogens is 2. The first-order valence-electron chi connectivity index (χ1n) is 3.20. The van der Waals surface area contributed by atoms with E-state index in [1.165, 1.54) is 18.2 Å². The second-order valence-corrected chi connectivity index (χ2v) is 2.14. The maximum Gasteiger partial charge on any atom is 0.387 e. The van der Waals surface area contributed by atoms with Crippen molar-refractivity contribution in [1.82, 2.24) is 0 Å². The van der Waals surface area contributed by atoms with Crippen LogP contribution in [0.15, 0.2) is 18.2 Å². The van der Waals surface area contributed by atoms with Crippen LogP contribution in [0.5, 0.6) is 5.75 Å². The van der Waals surface area contributed by atoms with Crippen molar-refractivity contribution in [1.29, 1.82) is 0 Å². The Morgan fingerprint density at radius 1 is 1.25 bits per heavy atom. The van der Waals surface area contributed by atoms with Crippen LogP contribution in [0.25, 0.3) is 0 Å². The second kappa shape index (κ2) is 3.25. The summed E-state index contributed by atoms with van der Waals surface area (Å²) in [6.45, 7) is -2.88. The van der Waals surface area contributed by atoms with Crippen LogP contribution >= 0.6 is 0 Å². The van der Waals surface area contributed by atoms with Gasteiger partial charge in [-0.15, -0.1) is 0 Å². The fourth-order valence-electron chi connectivity index (χ4n) is 0.760. The molecule has 0 aliphatic carbocycles. The van der Waals surface area contributed by atoms with Crippen molar-refractivity contribution in [2.75, 3.05) is 11.5 Å². The van der Waals surface area contributed by atoms with Crippen LogP contribution in [-0.2, 0) is 0 Å². The zero-order valence-electron chi connectivity index (χ0n) is 6.13. The standard InChI is InChI=1S/C7H8F2N2O/c8-7(9)12-5-3-1-2-4(10)6(5)11/h1-3,7H,10-11H2. The Balaban J connectivity index is 2.92. The lowest BCUT2D eigenvalue weighted by Crippen LogP contribution is -2.05. The van der Waals surface area contributed by atoms with E-state index in [9.17, 15) is 8.78 Å². The molecule has 3 nitrogen and oxygen atoms in total. The smallest absolute Gasteiger partial charge is 0.387 e. The third kappa shape index (κ3) is 1.75. The summed E-state index contributed by atoms with van der Waals surface area (Å²) in [7, 11) is 0. The first-order chi connectivity index (χ1) is 5.61. The molecular weight excluding hydrogens is 166 g/mol. The minimum atomic E-state index is -2.88. The third-order valence-corrected chi connectivity index (χ3v) is 1.32. The van der Waals surface area contributed by atoms with Gasteiger partial charge in [0.25, 0.3) is 0 Å². The maximum absolute atomic E-state index is 11.7. The number of ether oxygens (including phenoxy) is 1. The molecule has 1 aromatic carbocycles. The number of alkyl halides is 2. The van der Waals surface area contributed by atoms with E-state index < -0.39 is 6.61 Å². The molecule has 1 rings (SSSR count). The largest absolute Gasteiger partial charge is 0.433 e. The first-order valence-corrected chi connectivity index (χ1v) is 3.20. The Labute approximate surface area is 67.9 Å². The number of hydrogen-bond donors (Lipinski definition) is 2. The van der Waals surface area contributed by atoms with E-state index in [1.54, 1.807) is 0 Å². The fourth-order valence-corrected chi connectivity index (χ4v) is 0.760. The molecule has 0 saturated carbocycles. The predicted molar refractivity (Wildman–Crippen MR) is 41.9 cm³/mol. The summed E-state index contributed by atoms with van der Waals surface area (Å²) in [5.74, 6) is -0.0926. The third-order valence-electron chi connectivity index (χ3n) is 1.32. The molecule has 66 valence electrons. The molecule has 0 atom stereocenters. The number of anilines is 2. The highest BCUT2D eigenvalue weighted by Gasteiger charge is 2.08. The Kier molecular flexibility index (Phi) is 2.32. The van der Waals surface area contributed by atoms with Crippen LogP contribution in [0.4, 0.5) is 20.2 Å². The SMILES string of the molecule is Nc1cccc(OC(F)F)c1N. The van der Waals surface area contributed by atoms with E-state index in [0.717, 1.165) is 0 Å². The molecule has 0 heterocycles. The van der Waals surface area contributed by atoms with Gasteiger partial charge in [-0.2, -0.15) is 8.78 Å². The minimum Gasteiger partial charge on any atom is -0.433 e. The molecular formula is C7H8F2N2O. The molecule has 0 bridgehead atoms. The summed E-state index contributed by atoms with van der Waals surface area (Å²) < 4.78 is 27.5. The van der Waals surface area contributed by atoms with E-state index >= 15 is 0 Å². The van der Waals surface area contributed by atoms with Gasteiger partial charge in [0, 0.05) is 0 Å². The summed E-state index contributed by atoms with van der Waals surface area (Å²) in [4.78, 5) is 0. The molecule has 0 spiro atoms. The molecule has 0 amide bonds. The van der Waals surface area contributed by atoms with E-state index in [0.29, 0.717) is 0 Å². The lowest BCUT2D eigenvalue weighted by Gasteiger charge is -2.08. The van der Waals surface area contributed by atoms with Crippen molar-refractivity contribution in [3.8, 4) is 5.75 Å². The molecule has 0 saturated heterocycles. The fraction of sp³-hybridized carbons (Fsp3) is 0.143. The summed E-state index contributed by atoms with van der Waals surface area (Å²) in [6.07, 6.45) is 0. The van der Waals surface area contributed by atoms with Gasteiger partial charge >= 0.3 is 6.61 Å². The van der Waals surface area contributed by atoms with E-state index in [-0.39, 0.29) is 17.1 Å². The maximum atomic E-state index is 11.7. The highest BCUT2D eigenvalue weighted by atomic mass is 19.3. The summed E-state index contributed by atoms with van der Waals surface area (Å²) in [6, 6.07) is 4.33. The van der Waals surface area contributed by atoms with E-state index in [2.05, 4.69) is 4.74 Å². The van der Waals surface area contributed by atoms with Crippen molar-refractivity contribution >= 4 is 11.4 Å². The minimum absolute atomic E-state index is 0.0396. The van der Waals surface area contributed by atoms with Gasteiger partial charge in [-0.05, 0) is 12.1 Å². The highest BCUT2D eigenvalue weighted by Crippen LogP contribution is 2.27. The van der Waals surface area contributed by atoms with Crippen molar-refractivity contribution in [3.63, 3.8) is 0 Å². The van der Waals surface area contributed by atoms with Crippen LogP contribution in [0.1, 0.15) is 0 Å².